The van der Waals surface area contributed by atoms with Crippen molar-refractivity contribution in [2.24, 2.45) is 7.05 Å². The molecule has 24 heavy (non-hydrogen) atoms. The first kappa shape index (κ1) is 14.5. The van der Waals surface area contributed by atoms with E-state index in [4.69, 9.17) is 0 Å². The molecular formula is C19H19N5. The van der Waals surface area contributed by atoms with E-state index in [9.17, 15) is 0 Å². The van der Waals surface area contributed by atoms with Crippen LogP contribution < -0.4 is 5.32 Å². The summed E-state index contributed by atoms with van der Waals surface area (Å²) in [4.78, 5) is 7.94. The molecule has 2 N–H and O–H groups in total. The third kappa shape index (κ3) is 2.65. The van der Waals surface area contributed by atoms with E-state index >= 15 is 0 Å². The van der Waals surface area contributed by atoms with Crippen LogP contribution in [0.4, 0.5) is 5.82 Å². The zero-order chi connectivity index (χ0) is 16.5. The van der Waals surface area contributed by atoms with Crippen LogP contribution in [0.25, 0.3) is 10.9 Å². The molecule has 0 bridgehead atoms. The molecule has 0 amide bonds. The molecule has 4 aromatic rings. The normalized spacial score (nSPS) is 12.4. The Balaban J connectivity index is 1.81. The number of benzene rings is 1. The van der Waals surface area contributed by atoms with Gasteiger partial charge in [0.2, 0.25) is 0 Å². The molecule has 1 atom stereocenters. The number of pyridine rings is 1. The van der Waals surface area contributed by atoms with Crippen molar-refractivity contribution in [3.05, 3.63) is 77.9 Å². The number of hydrogen-bond donors (Lipinski definition) is 2. The summed E-state index contributed by atoms with van der Waals surface area (Å²) in [5.74, 6) is 0.856. The minimum absolute atomic E-state index is 0.0239. The Morgan fingerprint density at radius 3 is 2.79 bits per heavy atom. The zero-order valence-electron chi connectivity index (χ0n) is 13.7. The maximum Gasteiger partial charge on any atom is 0.126 e. The lowest BCUT2D eigenvalue weighted by Gasteiger charge is -2.18. The number of anilines is 1. The summed E-state index contributed by atoms with van der Waals surface area (Å²) in [5, 5.41) is 9.09. The molecule has 5 nitrogen and oxygen atoms in total. The highest BCUT2D eigenvalue weighted by molar-refractivity contribution is 5.84. The van der Waals surface area contributed by atoms with Crippen LogP contribution in [-0.2, 0) is 7.05 Å². The van der Waals surface area contributed by atoms with Crippen molar-refractivity contribution >= 4 is 16.7 Å². The molecule has 0 spiro atoms. The SMILES string of the molecule is Cc1cccc(NC(c2cnn(C)c2)c2c[nH]c3ccccc23)n1. The number of nitrogens with zero attached hydrogens (tertiary/aromatic N) is 3. The lowest BCUT2D eigenvalue weighted by Crippen LogP contribution is -2.12. The Hall–Kier alpha value is -3.08. The number of aryl methyl sites for hydroxylation is 2. The fraction of sp³-hybridized carbons (Fsp3) is 0.158. The molecule has 0 aliphatic rings. The maximum absolute atomic E-state index is 4.59. The van der Waals surface area contributed by atoms with Crippen LogP contribution in [0.5, 0.6) is 0 Å². The topological polar surface area (TPSA) is 58.5 Å². The maximum atomic E-state index is 4.59. The van der Waals surface area contributed by atoms with Gasteiger partial charge in [-0.25, -0.2) is 4.98 Å². The largest absolute Gasteiger partial charge is 0.361 e. The number of rotatable bonds is 4. The van der Waals surface area contributed by atoms with Gasteiger partial charge in [0.1, 0.15) is 5.82 Å². The summed E-state index contributed by atoms with van der Waals surface area (Å²) < 4.78 is 1.82. The number of fused-ring (bicyclic) bond motifs is 1. The molecular weight excluding hydrogens is 298 g/mol. The fourth-order valence-electron chi connectivity index (χ4n) is 3.03. The molecule has 0 saturated carbocycles. The number of H-pyrrole nitrogens is 1. The van der Waals surface area contributed by atoms with Gasteiger partial charge in [-0.2, -0.15) is 5.10 Å². The Bertz CT molecular complexity index is 982. The van der Waals surface area contributed by atoms with Crippen LogP contribution in [0.1, 0.15) is 22.9 Å². The molecule has 0 radical (unpaired) electrons. The van der Waals surface area contributed by atoms with Crippen molar-refractivity contribution in [2.75, 3.05) is 5.32 Å². The van der Waals surface area contributed by atoms with Crippen LogP contribution >= 0.6 is 0 Å². The summed E-state index contributed by atoms with van der Waals surface area (Å²) in [6, 6.07) is 14.3. The van der Waals surface area contributed by atoms with E-state index in [0.717, 1.165) is 22.6 Å². The number of para-hydroxylation sites is 1. The molecule has 120 valence electrons. The molecule has 5 heteroatoms. The zero-order valence-corrected chi connectivity index (χ0v) is 13.7. The highest BCUT2D eigenvalue weighted by Gasteiger charge is 2.19. The highest BCUT2D eigenvalue weighted by atomic mass is 15.2. The predicted octanol–water partition coefficient (Wildman–Crippen LogP) is 3.81. The van der Waals surface area contributed by atoms with Gasteiger partial charge in [0.05, 0.1) is 12.2 Å². The highest BCUT2D eigenvalue weighted by Crippen LogP contribution is 2.31. The van der Waals surface area contributed by atoms with Crippen molar-refractivity contribution in [3.8, 4) is 0 Å². The van der Waals surface area contributed by atoms with Gasteiger partial charge < -0.3 is 10.3 Å². The van der Waals surface area contributed by atoms with E-state index in [2.05, 4.69) is 44.8 Å². The predicted molar refractivity (Wildman–Crippen MR) is 95.9 cm³/mol. The van der Waals surface area contributed by atoms with Crippen LogP contribution in [0, 0.1) is 6.92 Å². The van der Waals surface area contributed by atoms with Crippen LogP contribution in [-0.4, -0.2) is 19.7 Å². The molecule has 0 fully saturated rings. The fourth-order valence-corrected chi connectivity index (χ4v) is 3.03. The standard InChI is InChI=1S/C19H19N5/c1-13-6-5-9-18(22-13)23-19(14-10-21-24(2)12-14)16-11-20-17-8-4-3-7-15(16)17/h3-12,19-20H,1-2H3,(H,22,23). The molecule has 3 aromatic heterocycles. The molecule has 0 aliphatic heterocycles. The van der Waals surface area contributed by atoms with Gasteiger partial charge in [-0.1, -0.05) is 24.3 Å². The summed E-state index contributed by atoms with van der Waals surface area (Å²) in [6.45, 7) is 2.00. The number of hydrogen-bond acceptors (Lipinski definition) is 3. The average Bonchev–Trinajstić information content (AvgIpc) is 3.19. The number of aromatic amines is 1. The molecule has 3 heterocycles. The first-order valence-electron chi connectivity index (χ1n) is 7.95. The third-order valence-electron chi connectivity index (χ3n) is 4.17. The number of nitrogens with one attached hydrogen (secondary N) is 2. The number of aromatic nitrogens is 4. The van der Waals surface area contributed by atoms with Gasteiger partial charge in [-0.3, -0.25) is 4.68 Å². The van der Waals surface area contributed by atoms with E-state index in [1.165, 1.54) is 10.9 Å². The van der Waals surface area contributed by atoms with Gasteiger partial charge in [0.25, 0.3) is 0 Å². The molecule has 0 saturated heterocycles. The lowest BCUT2D eigenvalue weighted by atomic mass is 10.0. The minimum atomic E-state index is -0.0239. The van der Waals surface area contributed by atoms with Crippen molar-refractivity contribution in [1.82, 2.24) is 19.7 Å². The Morgan fingerprint density at radius 1 is 1.12 bits per heavy atom. The van der Waals surface area contributed by atoms with Crippen molar-refractivity contribution in [1.29, 1.82) is 0 Å². The third-order valence-corrected chi connectivity index (χ3v) is 4.17. The summed E-state index contributed by atoms with van der Waals surface area (Å²) in [6.07, 6.45) is 6.00. The average molecular weight is 317 g/mol. The Morgan fingerprint density at radius 2 is 2.00 bits per heavy atom. The summed E-state index contributed by atoms with van der Waals surface area (Å²) >= 11 is 0. The van der Waals surface area contributed by atoms with Crippen molar-refractivity contribution in [2.45, 2.75) is 13.0 Å². The van der Waals surface area contributed by atoms with Crippen LogP contribution in [0.2, 0.25) is 0 Å². The van der Waals surface area contributed by atoms with Crippen LogP contribution in [0.3, 0.4) is 0 Å². The molecule has 1 unspecified atom stereocenters. The minimum Gasteiger partial charge on any atom is -0.361 e. The van der Waals surface area contributed by atoms with E-state index in [-0.39, 0.29) is 6.04 Å². The van der Waals surface area contributed by atoms with Crippen molar-refractivity contribution in [3.63, 3.8) is 0 Å². The van der Waals surface area contributed by atoms with Gasteiger partial charge in [-0.15, -0.1) is 0 Å². The lowest BCUT2D eigenvalue weighted by molar-refractivity contribution is 0.766. The van der Waals surface area contributed by atoms with Gasteiger partial charge in [0, 0.05) is 47.2 Å². The second kappa shape index (κ2) is 5.85. The van der Waals surface area contributed by atoms with Gasteiger partial charge >= 0.3 is 0 Å². The summed E-state index contributed by atoms with van der Waals surface area (Å²) in [7, 11) is 1.93. The van der Waals surface area contributed by atoms with Crippen molar-refractivity contribution < 1.29 is 0 Å². The van der Waals surface area contributed by atoms with Crippen LogP contribution in [0.15, 0.2) is 61.1 Å². The smallest absolute Gasteiger partial charge is 0.126 e. The first-order chi connectivity index (χ1) is 11.7. The quantitative estimate of drug-likeness (QED) is 0.602. The second-order valence-electron chi connectivity index (χ2n) is 5.98. The van der Waals surface area contributed by atoms with E-state index < -0.39 is 0 Å². The van der Waals surface area contributed by atoms with Gasteiger partial charge in [0.15, 0.2) is 0 Å². The molecule has 4 rings (SSSR count). The van der Waals surface area contributed by atoms with E-state index in [0.29, 0.717) is 0 Å². The van der Waals surface area contributed by atoms with E-state index in [1.807, 2.05) is 55.3 Å². The summed E-state index contributed by atoms with van der Waals surface area (Å²) in [5.41, 5.74) is 4.40. The molecule has 1 aromatic carbocycles. The molecule has 0 aliphatic carbocycles. The Kier molecular flexibility index (Phi) is 3.54. The monoisotopic (exact) mass is 317 g/mol. The van der Waals surface area contributed by atoms with E-state index in [1.54, 1.807) is 0 Å². The Labute approximate surface area is 140 Å². The second-order valence-corrected chi connectivity index (χ2v) is 5.98. The van der Waals surface area contributed by atoms with Gasteiger partial charge in [-0.05, 0) is 25.1 Å². The first-order valence-corrected chi connectivity index (χ1v) is 7.95.